The van der Waals surface area contributed by atoms with Crippen molar-refractivity contribution in [1.82, 2.24) is 15.3 Å². The van der Waals surface area contributed by atoms with Gasteiger partial charge in [0.05, 0.1) is 5.69 Å². The van der Waals surface area contributed by atoms with Gasteiger partial charge in [0.1, 0.15) is 5.82 Å². The average molecular weight is 231 g/mol. The van der Waals surface area contributed by atoms with Gasteiger partial charge in [0, 0.05) is 31.2 Å². The Morgan fingerprint density at radius 2 is 2.24 bits per heavy atom. The molecule has 2 aromatic rings. The lowest BCUT2D eigenvalue weighted by Crippen LogP contribution is -2.18. The maximum absolute atomic E-state index is 13.0. The molecule has 0 aliphatic rings. The van der Waals surface area contributed by atoms with E-state index in [4.69, 9.17) is 0 Å². The number of nitrogens with zero attached hydrogens (tertiary/aromatic N) is 2. The molecule has 0 aliphatic heterocycles. The highest BCUT2D eigenvalue weighted by Gasteiger charge is 2.05. The lowest BCUT2D eigenvalue weighted by atomic mass is 10.1. The zero-order valence-electron chi connectivity index (χ0n) is 9.60. The molecule has 0 fully saturated rings. The molecule has 1 aromatic heterocycles. The number of aromatic nitrogens is 2. The molecule has 0 saturated carbocycles. The molecule has 0 bridgehead atoms. The summed E-state index contributed by atoms with van der Waals surface area (Å²) in [6.07, 6.45) is 5.01. The number of nitrogens with one attached hydrogen (secondary N) is 1. The third kappa shape index (κ3) is 3.32. The summed E-state index contributed by atoms with van der Waals surface area (Å²) in [5.41, 5.74) is 1.80. The zero-order valence-corrected chi connectivity index (χ0v) is 9.60. The number of benzene rings is 1. The first-order valence-electron chi connectivity index (χ1n) is 5.49. The van der Waals surface area contributed by atoms with E-state index in [-0.39, 0.29) is 11.9 Å². The summed E-state index contributed by atoms with van der Waals surface area (Å²) in [5, 5.41) is 3.27. The summed E-state index contributed by atoms with van der Waals surface area (Å²) in [4.78, 5) is 8.15. The predicted octanol–water partition coefficient (Wildman–Crippen LogP) is 2.47. The number of hydrogen-bond donors (Lipinski definition) is 1. The maximum Gasteiger partial charge on any atom is 0.123 e. The maximum atomic E-state index is 13.0. The molecule has 0 radical (unpaired) electrons. The standard InChI is InChI=1S/C13H14FN3/c1-10(11-3-2-4-12(14)7-11)17-9-13-8-15-5-6-16-13/h2-8,10,17H,9H2,1H3. The third-order valence-electron chi connectivity index (χ3n) is 2.55. The fourth-order valence-electron chi connectivity index (χ4n) is 1.57. The van der Waals surface area contributed by atoms with Crippen LogP contribution in [0.5, 0.6) is 0 Å². The Labute approximate surface area is 99.7 Å². The number of hydrogen-bond acceptors (Lipinski definition) is 3. The van der Waals surface area contributed by atoms with E-state index in [9.17, 15) is 4.39 Å². The normalized spacial score (nSPS) is 12.4. The van der Waals surface area contributed by atoms with Crippen LogP contribution in [0.1, 0.15) is 24.2 Å². The van der Waals surface area contributed by atoms with Gasteiger partial charge in [-0.3, -0.25) is 9.97 Å². The monoisotopic (exact) mass is 231 g/mol. The average Bonchev–Trinajstić information content (AvgIpc) is 2.37. The van der Waals surface area contributed by atoms with Gasteiger partial charge in [-0.2, -0.15) is 0 Å². The first-order valence-corrected chi connectivity index (χ1v) is 5.49. The fraction of sp³-hybridized carbons (Fsp3) is 0.231. The summed E-state index contributed by atoms with van der Waals surface area (Å²) >= 11 is 0. The summed E-state index contributed by atoms with van der Waals surface area (Å²) in [7, 11) is 0. The molecule has 2 rings (SSSR count). The molecule has 3 nitrogen and oxygen atoms in total. The molecule has 1 atom stereocenters. The van der Waals surface area contributed by atoms with Crippen molar-refractivity contribution in [2.24, 2.45) is 0 Å². The van der Waals surface area contributed by atoms with Crippen LogP contribution in [-0.2, 0) is 6.54 Å². The van der Waals surface area contributed by atoms with E-state index in [0.29, 0.717) is 6.54 Å². The first kappa shape index (κ1) is 11.7. The SMILES string of the molecule is CC(NCc1cnccn1)c1cccc(F)c1. The molecule has 1 aromatic carbocycles. The minimum absolute atomic E-state index is 0.0766. The van der Waals surface area contributed by atoms with E-state index in [1.165, 1.54) is 12.1 Å². The molecule has 1 heterocycles. The second-order valence-corrected chi connectivity index (χ2v) is 3.85. The Bertz CT molecular complexity index is 473. The van der Waals surface area contributed by atoms with Crippen LogP contribution >= 0.6 is 0 Å². The summed E-state index contributed by atoms with van der Waals surface area (Å²) in [6, 6.07) is 6.67. The van der Waals surface area contributed by atoms with Crippen molar-refractivity contribution < 1.29 is 4.39 Å². The summed E-state index contributed by atoms with van der Waals surface area (Å²) < 4.78 is 13.0. The molecule has 0 aliphatic carbocycles. The molecule has 4 heteroatoms. The van der Waals surface area contributed by atoms with Crippen molar-refractivity contribution in [3.8, 4) is 0 Å². The van der Waals surface area contributed by atoms with E-state index in [1.807, 2.05) is 13.0 Å². The van der Waals surface area contributed by atoms with Gasteiger partial charge in [0.15, 0.2) is 0 Å². The molecule has 88 valence electrons. The Balaban J connectivity index is 1.96. The third-order valence-corrected chi connectivity index (χ3v) is 2.55. The van der Waals surface area contributed by atoms with E-state index in [2.05, 4.69) is 15.3 Å². The van der Waals surface area contributed by atoms with Gasteiger partial charge in [-0.05, 0) is 24.6 Å². The Kier molecular flexibility index (Phi) is 3.77. The largest absolute Gasteiger partial charge is 0.305 e. The van der Waals surface area contributed by atoms with Gasteiger partial charge in [0.25, 0.3) is 0 Å². The first-order chi connectivity index (χ1) is 8.25. The van der Waals surface area contributed by atoms with Gasteiger partial charge in [0.2, 0.25) is 0 Å². The van der Waals surface area contributed by atoms with Gasteiger partial charge in [-0.1, -0.05) is 12.1 Å². The molecule has 1 N–H and O–H groups in total. The van der Waals surface area contributed by atoms with Crippen molar-refractivity contribution in [3.63, 3.8) is 0 Å². The number of halogens is 1. The molecule has 0 spiro atoms. The Morgan fingerprint density at radius 3 is 2.94 bits per heavy atom. The Hall–Kier alpha value is -1.81. The van der Waals surface area contributed by atoms with E-state index >= 15 is 0 Å². The van der Waals surface area contributed by atoms with E-state index in [0.717, 1.165) is 11.3 Å². The Morgan fingerprint density at radius 1 is 1.35 bits per heavy atom. The van der Waals surface area contributed by atoms with Gasteiger partial charge in [-0.25, -0.2) is 4.39 Å². The lowest BCUT2D eigenvalue weighted by molar-refractivity contribution is 0.558. The topological polar surface area (TPSA) is 37.8 Å². The van der Waals surface area contributed by atoms with E-state index < -0.39 is 0 Å². The van der Waals surface area contributed by atoms with Crippen LogP contribution < -0.4 is 5.32 Å². The molecule has 17 heavy (non-hydrogen) atoms. The highest BCUT2D eigenvalue weighted by atomic mass is 19.1. The molecule has 1 unspecified atom stereocenters. The minimum Gasteiger partial charge on any atom is -0.305 e. The highest BCUT2D eigenvalue weighted by Crippen LogP contribution is 2.13. The molecular weight excluding hydrogens is 217 g/mol. The van der Waals surface area contributed by atoms with Crippen LogP contribution in [0.25, 0.3) is 0 Å². The van der Waals surface area contributed by atoms with Crippen molar-refractivity contribution in [2.45, 2.75) is 19.5 Å². The summed E-state index contributed by atoms with van der Waals surface area (Å²) in [5.74, 6) is -0.212. The van der Waals surface area contributed by atoms with Crippen molar-refractivity contribution in [2.75, 3.05) is 0 Å². The quantitative estimate of drug-likeness (QED) is 0.878. The predicted molar refractivity (Wildman–Crippen MR) is 63.7 cm³/mol. The molecule has 0 saturated heterocycles. The van der Waals surface area contributed by atoms with Crippen LogP contribution in [-0.4, -0.2) is 9.97 Å². The van der Waals surface area contributed by atoms with Crippen LogP contribution in [0.2, 0.25) is 0 Å². The fourth-order valence-corrected chi connectivity index (χ4v) is 1.57. The zero-order chi connectivity index (χ0) is 12.1. The molecule has 0 amide bonds. The highest BCUT2D eigenvalue weighted by molar-refractivity contribution is 5.19. The van der Waals surface area contributed by atoms with Crippen LogP contribution in [0.4, 0.5) is 4.39 Å². The van der Waals surface area contributed by atoms with Crippen molar-refractivity contribution in [3.05, 3.63) is 59.9 Å². The van der Waals surface area contributed by atoms with Crippen LogP contribution in [0.15, 0.2) is 42.9 Å². The van der Waals surface area contributed by atoms with Crippen molar-refractivity contribution >= 4 is 0 Å². The second-order valence-electron chi connectivity index (χ2n) is 3.85. The van der Waals surface area contributed by atoms with Crippen molar-refractivity contribution in [1.29, 1.82) is 0 Å². The van der Waals surface area contributed by atoms with Gasteiger partial charge in [-0.15, -0.1) is 0 Å². The lowest BCUT2D eigenvalue weighted by Gasteiger charge is -2.13. The van der Waals surface area contributed by atoms with Gasteiger partial charge < -0.3 is 5.32 Å². The minimum atomic E-state index is -0.212. The summed E-state index contributed by atoms with van der Waals surface area (Å²) in [6.45, 7) is 2.61. The number of rotatable bonds is 4. The van der Waals surface area contributed by atoms with Crippen LogP contribution in [0, 0.1) is 5.82 Å². The van der Waals surface area contributed by atoms with Gasteiger partial charge >= 0.3 is 0 Å². The van der Waals surface area contributed by atoms with Crippen LogP contribution in [0.3, 0.4) is 0 Å². The van der Waals surface area contributed by atoms with E-state index in [1.54, 1.807) is 24.7 Å². The smallest absolute Gasteiger partial charge is 0.123 e. The molecular formula is C13H14FN3. The second kappa shape index (κ2) is 5.50.